The molecule has 0 saturated heterocycles. The molecule has 0 radical (unpaired) electrons. The summed E-state index contributed by atoms with van der Waals surface area (Å²) in [5, 5.41) is 0. The van der Waals surface area contributed by atoms with E-state index in [4.69, 9.17) is 5.73 Å². The van der Waals surface area contributed by atoms with Gasteiger partial charge in [0, 0.05) is 18.2 Å². The Balaban J connectivity index is 3.08. The topological polar surface area (TPSA) is 43.8 Å². The van der Waals surface area contributed by atoms with Crippen LogP contribution in [0.25, 0.3) is 0 Å². The van der Waals surface area contributed by atoms with Gasteiger partial charge in [0.1, 0.15) is 11.6 Å². The van der Waals surface area contributed by atoms with Crippen LogP contribution in [0.3, 0.4) is 0 Å². The monoisotopic (exact) mass is 167 g/mol. The third-order valence-electron chi connectivity index (χ3n) is 1.85. The predicted molar refractivity (Wildman–Crippen MR) is 51.1 cm³/mol. The highest BCUT2D eigenvalue weighted by Gasteiger charge is 2.11. The van der Waals surface area contributed by atoms with E-state index in [9.17, 15) is 0 Å². The van der Waals surface area contributed by atoms with Crippen LogP contribution in [0.4, 0.5) is 5.82 Å². The Morgan fingerprint density at radius 2 is 1.92 bits per heavy atom. The van der Waals surface area contributed by atoms with Crippen molar-refractivity contribution in [2.75, 3.05) is 5.73 Å². The molecule has 12 heavy (non-hydrogen) atoms. The van der Waals surface area contributed by atoms with E-state index >= 15 is 0 Å². The van der Waals surface area contributed by atoms with E-state index in [2.05, 4.69) is 37.2 Å². The highest BCUT2D eigenvalue weighted by molar-refractivity contribution is 5.27. The summed E-state index contributed by atoms with van der Waals surface area (Å²) in [5.74, 6) is 2.12. The number of nitrogen functional groups attached to an aromatic ring is 1. The van der Waals surface area contributed by atoms with Crippen molar-refractivity contribution in [3.63, 3.8) is 0 Å². The Labute approximate surface area is 73.6 Å². The van der Waals surface area contributed by atoms with Gasteiger partial charge in [0.25, 0.3) is 0 Å². The molecule has 0 spiro atoms. The molecule has 0 aliphatic rings. The largest absolute Gasteiger partial charge is 0.382 e. The molecule has 0 aliphatic heterocycles. The minimum absolute atomic E-state index is 0.435. The lowest BCUT2D eigenvalue weighted by molar-refractivity contribution is 0.550. The third-order valence-corrected chi connectivity index (χ3v) is 1.85. The minimum atomic E-state index is 0.435. The molecule has 1 rings (SSSR count). The molecule has 0 unspecified atom stereocenters. The van der Waals surface area contributed by atoms with Gasteiger partial charge in [-0.2, -0.15) is 0 Å². The van der Waals surface area contributed by atoms with Crippen molar-refractivity contribution in [3.05, 3.63) is 12.0 Å². The average Bonchev–Trinajstić information content (AvgIpc) is 2.31. The zero-order valence-corrected chi connectivity index (χ0v) is 8.20. The maximum atomic E-state index is 5.62. The molecular formula is C9H17N3. The van der Waals surface area contributed by atoms with Crippen molar-refractivity contribution in [1.29, 1.82) is 0 Å². The first-order chi connectivity index (χ1) is 5.52. The van der Waals surface area contributed by atoms with Gasteiger partial charge in [-0.15, -0.1) is 0 Å². The third kappa shape index (κ3) is 1.60. The van der Waals surface area contributed by atoms with E-state index in [-0.39, 0.29) is 0 Å². The van der Waals surface area contributed by atoms with Crippen LogP contribution < -0.4 is 5.73 Å². The van der Waals surface area contributed by atoms with Crippen LogP contribution in [0.2, 0.25) is 0 Å². The zero-order valence-electron chi connectivity index (χ0n) is 8.20. The molecular weight excluding hydrogens is 150 g/mol. The van der Waals surface area contributed by atoms with E-state index in [0.29, 0.717) is 17.8 Å². The maximum Gasteiger partial charge on any atom is 0.141 e. The van der Waals surface area contributed by atoms with Gasteiger partial charge in [0.15, 0.2) is 0 Å². The molecule has 3 heteroatoms. The molecule has 0 saturated carbocycles. The molecule has 68 valence electrons. The first kappa shape index (κ1) is 9.10. The molecule has 1 aromatic rings. The Morgan fingerprint density at radius 3 is 2.25 bits per heavy atom. The van der Waals surface area contributed by atoms with Gasteiger partial charge < -0.3 is 10.3 Å². The van der Waals surface area contributed by atoms with Gasteiger partial charge >= 0.3 is 0 Å². The quantitative estimate of drug-likeness (QED) is 0.733. The lowest BCUT2D eigenvalue weighted by atomic mass is 10.2. The van der Waals surface area contributed by atoms with Crippen molar-refractivity contribution in [2.24, 2.45) is 0 Å². The van der Waals surface area contributed by atoms with Crippen molar-refractivity contribution in [3.8, 4) is 0 Å². The van der Waals surface area contributed by atoms with Crippen molar-refractivity contribution >= 4 is 5.82 Å². The lowest BCUT2D eigenvalue weighted by Crippen LogP contribution is -2.06. The van der Waals surface area contributed by atoms with Crippen LogP contribution in [-0.4, -0.2) is 9.55 Å². The smallest absolute Gasteiger partial charge is 0.141 e. The summed E-state index contributed by atoms with van der Waals surface area (Å²) in [4.78, 5) is 4.27. The summed E-state index contributed by atoms with van der Waals surface area (Å²) in [6, 6.07) is 0.437. The van der Waals surface area contributed by atoms with E-state index in [1.165, 1.54) is 0 Å². The predicted octanol–water partition coefficient (Wildman–Crippen LogP) is 2.17. The highest BCUT2D eigenvalue weighted by atomic mass is 15.1. The second-order valence-electron chi connectivity index (χ2n) is 3.68. The van der Waals surface area contributed by atoms with E-state index < -0.39 is 0 Å². The highest BCUT2D eigenvalue weighted by Crippen LogP contribution is 2.19. The summed E-state index contributed by atoms with van der Waals surface area (Å²) in [6.45, 7) is 8.52. The van der Waals surface area contributed by atoms with Crippen LogP contribution in [0, 0.1) is 0 Å². The summed E-state index contributed by atoms with van der Waals surface area (Å²) >= 11 is 0. The first-order valence-corrected chi connectivity index (χ1v) is 4.36. The molecule has 3 nitrogen and oxygen atoms in total. The molecule has 1 aromatic heterocycles. The second kappa shape index (κ2) is 3.17. The van der Waals surface area contributed by atoms with E-state index in [0.717, 1.165) is 5.82 Å². The van der Waals surface area contributed by atoms with Gasteiger partial charge in [-0.1, -0.05) is 13.8 Å². The van der Waals surface area contributed by atoms with Crippen LogP contribution in [0.15, 0.2) is 6.20 Å². The summed E-state index contributed by atoms with van der Waals surface area (Å²) in [6.07, 6.45) is 1.90. The SMILES string of the molecule is CC(C)c1nc(N)cn1C(C)C. The van der Waals surface area contributed by atoms with Crippen LogP contribution in [0.5, 0.6) is 0 Å². The molecule has 1 heterocycles. The molecule has 2 N–H and O–H groups in total. The fraction of sp³-hybridized carbons (Fsp3) is 0.667. The van der Waals surface area contributed by atoms with E-state index in [1.54, 1.807) is 0 Å². The van der Waals surface area contributed by atoms with Gasteiger partial charge in [-0.3, -0.25) is 0 Å². The fourth-order valence-corrected chi connectivity index (χ4v) is 1.27. The number of hydrogen-bond acceptors (Lipinski definition) is 2. The molecule has 0 atom stereocenters. The molecule has 0 aromatic carbocycles. The van der Waals surface area contributed by atoms with Gasteiger partial charge in [-0.05, 0) is 13.8 Å². The van der Waals surface area contributed by atoms with Crippen molar-refractivity contribution in [2.45, 2.75) is 39.7 Å². The Bertz CT molecular complexity index is 235. The Hall–Kier alpha value is -0.990. The Kier molecular flexibility index (Phi) is 2.40. The summed E-state index contributed by atoms with van der Waals surface area (Å²) in [7, 11) is 0. The number of rotatable bonds is 2. The number of hydrogen-bond donors (Lipinski definition) is 1. The van der Waals surface area contributed by atoms with Crippen molar-refractivity contribution in [1.82, 2.24) is 9.55 Å². The Morgan fingerprint density at radius 1 is 1.33 bits per heavy atom. The van der Waals surface area contributed by atoms with Gasteiger partial charge in [0.2, 0.25) is 0 Å². The van der Waals surface area contributed by atoms with Crippen molar-refractivity contribution < 1.29 is 0 Å². The fourth-order valence-electron chi connectivity index (χ4n) is 1.27. The molecule has 0 amide bonds. The molecule has 0 aliphatic carbocycles. The summed E-state index contributed by atoms with van der Waals surface area (Å²) < 4.78 is 2.12. The average molecular weight is 167 g/mol. The number of nitrogens with two attached hydrogens (primary N) is 1. The van der Waals surface area contributed by atoms with Crippen LogP contribution in [0.1, 0.15) is 45.5 Å². The van der Waals surface area contributed by atoms with E-state index in [1.807, 2.05) is 6.20 Å². The standard InChI is InChI=1S/C9H17N3/c1-6(2)9-11-8(10)5-12(9)7(3)4/h5-7H,10H2,1-4H3. The summed E-state index contributed by atoms with van der Waals surface area (Å²) in [5.41, 5.74) is 5.62. The zero-order chi connectivity index (χ0) is 9.30. The number of nitrogens with zero attached hydrogens (tertiary/aromatic N) is 2. The minimum Gasteiger partial charge on any atom is -0.382 e. The number of aromatic nitrogens is 2. The van der Waals surface area contributed by atoms with Gasteiger partial charge in [-0.25, -0.2) is 4.98 Å². The van der Waals surface area contributed by atoms with Gasteiger partial charge in [0.05, 0.1) is 0 Å². The maximum absolute atomic E-state index is 5.62. The second-order valence-corrected chi connectivity index (χ2v) is 3.68. The number of imidazole rings is 1. The number of anilines is 1. The molecule has 0 bridgehead atoms. The lowest BCUT2D eigenvalue weighted by Gasteiger charge is -2.12. The first-order valence-electron chi connectivity index (χ1n) is 4.36. The van der Waals surface area contributed by atoms with Crippen LogP contribution in [-0.2, 0) is 0 Å². The van der Waals surface area contributed by atoms with Crippen LogP contribution >= 0.6 is 0 Å². The normalized spacial score (nSPS) is 11.5. The molecule has 0 fully saturated rings.